The summed E-state index contributed by atoms with van der Waals surface area (Å²) in [4.78, 5) is 22.9. The van der Waals surface area contributed by atoms with E-state index in [1.54, 1.807) is 25.2 Å². The first-order valence-electron chi connectivity index (χ1n) is 12.2. The summed E-state index contributed by atoms with van der Waals surface area (Å²) in [5.41, 5.74) is 8.52. The number of carbonyl (C=O) groups excluding carboxylic acids is 1. The van der Waals surface area contributed by atoms with Crippen molar-refractivity contribution in [3.05, 3.63) is 60.2 Å². The van der Waals surface area contributed by atoms with Gasteiger partial charge in [-0.3, -0.25) is 9.89 Å². The molecule has 38 heavy (non-hydrogen) atoms. The quantitative estimate of drug-likeness (QED) is 0.299. The van der Waals surface area contributed by atoms with Crippen molar-refractivity contribution in [2.75, 3.05) is 29.5 Å². The molecule has 1 fully saturated rings. The first-order chi connectivity index (χ1) is 18.2. The zero-order valence-electron chi connectivity index (χ0n) is 20.6. The third-order valence-corrected chi connectivity index (χ3v) is 6.76. The van der Waals surface area contributed by atoms with Crippen molar-refractivity contribution < 1.29 is 18.0 Å². The Morgan fingerprint density at radius 1 is 1.13 bits per heavy atom. The molecule has 1 saturated heterocycles. The van der Waals surface area contributed by atoms with Gasteiger partial charge in [-0.15, -0.1) is 0 Å². The van der Waals surface area contributed by atoms with E-state index in [1.165, 1.54) is 11.0 Å². The number of halogens is 3. The van der Waals surface area contributed by atoms with Gasteiger partial charge in [0, 0.05) is 37.2 Å². The largest absolute Gasteiger partial charge is 0.408 e. The van der Waals surface area contributed by atoms with Gasteiger partial charge in [0.15, 0.2) is 5.82 Å². The average molecular weight is 525 g/mol. The maximum Gasteiger partial charge on any atom is 0.408 e. The Morgan fingerprint density at radius 3 is 2.66 bits per heavy atom. The molecule has 5 rings (SSSR count). The zero-order chi connectivity index (χ0) is 26.9. The van der Waals surface area contributed by atoms with Gasteiger partial charge in [0.25, 0.3) is 0 Å². The van der Waals surface area contributed by atoms with Gasteiger partial charge in [0.1, 0.15) is 11.9 Å². The second kappa shape index (κ2) is 10.2. The summed E-state index contributed by atoms with van der Waals surface area (Å²) < 4.78 is 42.4. The Morgan fingerprint density at radius 2 is 1.92 bits per heavy atom. The number of amides is 1. The fraction of sp³-hybridized carbons (Fsp3) is 0.308. The third-order valence-electron chi connectivity index (χ3n) is 6.76. The van der Waals surface area contributed by atoms with Crippen LogP contribution in [-0.4, -0.2) is 51.9 Å². The van der Waals surface area contributed by atoms with E-state index >= 15 is 0 Å². The summed E-state index contributed by atoms with van der Waals surface area (Å²) in [5, 5.41) is 13.3. The topological polar surface area (TPSA) is 125 Å². The molecule has 0 aliphatic carbocycles. The number of fused-ring (bicyclic) bond motifs is 1. The van der Waals surface area contributed by atoms with E-state index in [2.05, 4.69) is 30.8 Å². The van der Waals surface area contributed by atoms with Gasteiger partial charge >= 0.3 is 6.18 Å². The highest BCUT2D eigenvalue weighted by atomic mass is 19.4. The standard InChI is InChI=1S/C26H27F3N8O/c1-31-25-33-19(16-7-9-18-20(11-16)35-36-23(18)30)12-22(34-25)37-14-17(8-10-21(37)26(27,28)29)24(38)32-13-15-5-3-2-4-6-15/h2-7,9,11-12,17,21H,8,10,13-14H2,1H3,(H,32,38)(H3,30,35,36)(H,31,33,34). The highest BCUT2D eigenvalue weighted by Gasteiger charge is 2.48. The number of anilines is 3. The molecule has 2 aromatic carbocycles. The predicted octanol–water partition coefficient (Wildman–Crippen LogP) is 4.11. The number of benzene rings is 2. The zero-order valence-corrected chi connectivity index (χ0v) is 20.6. The number of hydrogen-bond acceptors (Lipinski definition) is 7. The van der Waals surface area contributed by atoms with Crippen molar-refractivity contribution >= 4 is 34.4 Å². The van der Waals surface area contributed by atoms with Gasteiger partial charge in [-0.2, -0.15) is 23.3 Å². The van der Waals surface area contributed by atoms with E-state index in [9.17, 15) is 18.0 Å². The minimum Gasteiger partial charge on any atom is -0.382 e. The summed E-state index contributed by atoms with van der Waals surface area (Å²) in [7, 11) is 1.60. The molecule has 0 bridgehead atoms. The maximum atomic E-state index is 14.1. The number of aromatic nitrogens is 4. The van der Waals surface area contributed by atoms with Crippen LogP contribution in [0.25, 0.3) is 22.2 Å². The smallest absolute Gasteiger partial charge is 0.382 e. The van der Waals surface area contributed by atoms with E-state index in [0.717, 1.165) is 10.9 Å². The van der Waals surface area contributed by atoms with Gasteiger partial charge < -0.3 is 21.3 Å². The fourth-order valence-corrected chi connectivity index (χ4v) is 4.75. The van der Waals surface area contributed by atoms with Crippen molar-refractivity contribution in [1.29, 1.82) is 0 Å². The van der Waals surface area contributed by atoms with E-state index in [0.29, 0.717) is 29.1 Å². The van der Waals surface area contributed by atoms with Crippen LogP contribution in [0.3, 0.4) is 0 Å². The number of nitrogens with one attached hydrogen (secondary N) is 3. The minimum absolute atomic E-state index is 0.0893. The number of aromatic amines is 1. The molecule has 9 nitrogen and oxygen atoms in total. The predicted molar refractivity (Wildman–Crippen MR) is 139 cm³/mol. The first kappa shape index (κ1) is 25.3. The molecule has 5 N–H and O–H groups in total. The molecular formula is C26H27F3N8O. The Hall–Kier alpha value is -4.35. The fourth-order valence-electron chi connectivity index (χ4n) is 4.75. The van der Waals surface area contributed by atoms with Crippen LogP contribution in [-0.2, 0) is 11.3 Å². The first-order valence-corrected chi connectivity index (χ1v) is 12.2. The van der Waals surface area contributed by atoms with Crippen LogP contribution in [0.15, 0.2) is 54.6 Å². The lowest BCUT2D eigenvalue weighted by Crippen LogP contribution is -2.54. The van der Waals surface area contributed by atoms with Crippen molar-refractivity contribution in [3.63, 3.8) is 0 Å². The Labute approximate surface area is 216 Å². The molecule has 2 atom stereocenters. The summed E-state index contributed by atoms with van der Waals surface area (Å²) in [6, 6.07) is 14.4. The van der Waals surface area contributed by atoms with E-state index < -0.39 is 18.1 Å². The number of nitrogens with zero attached hydrogens (tertiary/aromatic N) is 4. The summed E-state index contributed by atoms with van der Waals surface area (Å²) in [5.74, 6) is -0.309. The highest BCUT2D eigenvalue weighted by molar-refractivity contribution is 5.91. The molecule has 0 saturated carbocycles. The lowest BCUT2D eigenvalue weighted by molar-refractivity contribution is -0.156. The normalized spacial score (nSPS) is 17.9. The van der Waals surface area contributed by atoms with Crippen LogP contribution in [0.2, 0.25) is 0 Å². The summed E-state index contributed by atoms with van der Waals surface area (Å²) >= 11 is 0. The molecule has 1 aliphatic rings. The van der Waals surface area contributed by atoms with Crippen molar-refractivity contribution in [2.24, 2.45) is 5.92 Å². The maximum absolute atomic E-state index is 14.1. The molecule has 0 radical (unpaired) electrons. The molecule has 1 aliphatic heterocycles. The van der Waals surface area contributed by atoms with Crippen molar-refractivity contribution in [2.45, 2.75) is 31.6 Å². The van der Waals surface area contributed by atoms with Gasteiger partial charge in [-0.05, 0) is 30.5 Å². The van der Waals surface area contributed by atoms with Gasteiger partial charge in [0.2, 0.25) is 11.9 Å². The molecule has 2 aromatic heterocycles. The summed E-state index contributed by atoms with van der Waals surface area (Å²) in [6.45, 7) is 0.182. The van der Waals surface area contributed by atoms with Gasteiger partial charge in [-0.25, -0.2) is 4.98 Å². The Kier molecular flexibility index (Phi) is 6.79. The average Bonchev–Trinajstić information content (AvgIpc) is 3.31. The molecule has 3 heterocycles. The van der Waals surface area contributed by atoms with E-state index in [4.69, 9.17) is 5.73 Å². The second-order valence-corrected chi connectivity index (χ2v) is 9.24. The van der Waals surface area contributed by atoms with Crippen molar-refractivity contribution in [1.82, 2.24) is 25.5 Å². The Bertz CT molecular complexity index is 1440. The molecule has 12 heteroatoms. The highest BCUT2D eigenvalue weighted by Crippen LogP contribution is 2.38. The SMILES string of the molecule is CNc1nc(-c2ccc3c(N)n[nH]c3c2)cc(N2CC(C(=O)NCc3ccccc3)CCC2C(F)(F)F)n1. The molecule has 198 valence electrons. The lowest BCUT2D eigenvalue weighted by atomic mass is 9.91. The van der Waals surface area contributed by atoms with Gasteiger partial charge in [0.05, 0.1) is 17.1 Å². The third kappa shape index (κ3) is 5.20. The van der Waals surface area contributed by atoms with Crippen LogP contribution in [0.5, 0.6) is 0 Å². The molecule has 2 unspecified atom stereocenters. The number of alkyl halides is 3. The van der Waals surface area contributed by atoms with Crippen LogP contribution < -0.4 is 21.3 Å². The number of hydrogen-bond donors (Lipinski definition) is 4. The van der Waals surface area contributed by atoms with Crippen LogP contribution in [0, 0.1) is 5.92 Å². The number of piperidine rings is 1. The number of rotatable bonds is 6. The van der Waals surface area contributed by atoms with Crippen LogP contribution in [0.1, 0.15) is 18.4 Å². The molecule has 0 spiro atoms. The van der Waals surface area contributed by atoms with Crippen LogP contribution in [0.4, 0.5) is 30.8 Å². The second-order valence-electron chi connectivity index (χ2n) is 9.24. The van der Waals surface area contributed by atoms with Crippen molar-refractivity contribution in [3.8, 4) is 11.3 Å². The van der Waals surface area contributed by atoms with Gasteiger partial charge in [-0.1, -0.05) is 36.4 Å². The van der Waals surface area contributed by atoms with Crippen LogP contribution >= 0.6 is 0 Å². The van der Waals surface area contributed by atoms with E-state index in [1.807, 2.05) is 30.3 Å². The molecule has 4 aromatic rings. The lowest BCUT2D eigenvalue weighted by Gasteiger charge is -2.40. The Balaban J connectivity index is 1.45. The van der Waals surface area contributed by atoms with E-state index in [-0.39, 0.29) is 37.1 Å². The number of carbonyl (C=O) groups is 1. The monoisotopic (exact) mass is 524 g/mol. The summed E-state index contributed by atoms with van der Waals surface area (Å²) in [6.07, 6.45) is -4.60. The number of nitrogen functional groups attached to an aromatic ring is 1. The number of H-pyrrole nitrogens is 1. The number of nitrogens with two attached hydrogens (primary N) is 1. The minimum atomic E-state index is -4.50. The molecular weight excluding hydrogens is 497 g/mol. The molecule has 1 amide bonds.